The second-order valence-corrected chi connectivity index (χ2v) is 9.22. The molecular formula is C27H30N2O6. The fourth-order valence-corrected chi connectivity index (χ4v) is 4.66. The van der Waals surface area contributed by atoms with Crippen molar-refractivity contribution < 1.29 is 29.0 Å². The van der Waals surface area contributed by atoms with Gasteiger partial charge in [0.15, 0.2) is 0 Å². The third-order valence-corrected chi connectivity index (χ3v) is 6.36. The number of aliphatic hydroxyl groups excluding tert-OH is 1. The fraction of sp³-hybridized carbons (Fsp3) is 0.370. The number of hydrogen-bond acceptors (Lipinski definition) is 7. The smallest absolute Gasteiger partial charge is 0.337 e. The Balaban J connectivity index is 1.77. The number of ether oxygens (including phenoxy) is 2. The van der Waals surface area contributed by atoms with Crippen LogP contribution in [0, 0.1) is 0 Å². The Morgan fingerprint density at radius 3 is 2.49 bits per heavy atom. The quantitative estimate of drug-likeness (QED) is 0.283. The van der Waals surface area contributed by atoms with Gasteiger partial charge in [-0.05, 0) is 75.4 Å². The molecule has 0 aliphatic carbocycles. The predicted molar refractivity (Wildman–Crippen MR) is 130 cm³/mol. The summed E-state index contributed by atoms with van der Waals surface area (Å²) in [5.74, 6) is -1.31. The number of nitrogens with zero attached hydrogens (tertiary/aromatic N) is 2. The number of esters is 1. The lowest BCUT2D eigenvalue weighted by Crippen LogP contribution is -2.32. The summed E-state index contributed by atoms with van der Waals surface area (Å²) in [6.45, 7) is 3.05. The van der Waals surface area contributed by atoms with E-state index < -0.39 is 23.7 Å². The molecule has 0 unspecified atom stereocenters. The number of hydrogen-bond donors (Lipinski definition) is 1. The number of amides is 1. The molecule has 35 heavy (non-hydrogen) atoms. The summed E-state index contributed by atoms with van der Waals surface area (Å²) in [5.41, 5.74) is 2.43. The molecule has 1 N–H and O–H groups in total. The first-order valence-electron chi connectivity index (χ1n) is 11.6. The van der Waals surface area contributed by atoms with E-state index in [-0.39, 0.29) is 17.4 Å². The maximum absolute atomic E-state index is 13.2. The van der Waals surface area contributed by atoms with Crippen molar-refractivity contribution in [2.45, 2.75) is 31.9 Å². The first-order valence-corrected chi connectivity index (χ1v) is 11.6. The highest BCUT2D eigenvalue weighted by Crippen LogP contribution is 2.40. The van der Waals surface area contributed by atoms with Gasteiger partial charge in [-0.3, -0.25) is 9.59 Å². The number of ketones is 1. The molecule has 8 nitrogen and oxygen atoms in total. The van der Waals surface area contributed by atoms with Crippen LogP contribution in [0.4, 0.5) is 0 Å². The summed E-state index contributed by atoms with van der Waals surface area (Å²) >= 11 is 0. The summed E-state index contributed by atoms with van der Waals surface area (Å²) < 4.78 is 10.5. The molecule has 0 spiro atoms. The number of Topliss-reactive ketones (excluding diaryl/α,β-unsaturated/α-hetero) is 1. The molecule has 2 heterocycles. The van der Waals surface area contributed by atoms with Gasteiger partial charge < -0.3 is 24.4 Å². The third kappa shape index (κ3) is 4.79. The third-order valence-electron chi connectivity index (χ3n) is 6.36. The van der Waals surface area contributed by atoms with Gasteiger partial charge in [0.25, 0.3) is 11.7 Å². The molecule has 1 saturated heterocycles. The Morgan fingerprint density at radius 1 is 1.14 bits per heavy atom. The van der Waals surface area contributed by atoms with E-state index in [0.29, 0.717) is 36.1 Å². The van der Waals surface area contributed by atoms with Gasteiger partial charge >= 0.3 is 5.97 Å². The number of rotatable bonds is 7. The molecule has 2 aromatic rings. The Bertz CT molecular complexity index is 1180. The van der Waals surface area contributed by atoms with E-state index in [1.807, 2.05) is 32.0 Å². The number of fused-ring (bicyclic) bond motifs is 1. The van der Waals surface area contributed by atoms with Gasteiger partial charge in [0.2, 0.25) is 0 Å². The van der Waals surface area contributed by atoms with Crippen LogP contribution in [-0.2, 0) is 20.7 Å². The highest BCUT2D eigenvalue weighted by atomic mass is 16.5. The van der Waals surface area contributed by atoms with Gasteiger partial charge in [-0.15, -0.1) is 0 Å². The van der Waals surface area contributed by atoms with E-state index in [1.165, 1.54) is 12.0 Å². The van der Waals surface area contributed by atoms with Crippen LogP contribution in [0.2, 0.25) is 0 Å². The van der Waals surface area contributed by atoms with Gasteiger partial charge in [-0.1, -0.05) is 12.1 Å². The lowest BCUT2D eigenvalue weighted by atomic mass is 9.94. The summed E-state index contributed by atoms with van der Waals surface area (Å²) in [5, 5.41) is 11.3. The highest BCUT2D eigenvalue weighted by molar-refractivity contribution is 6.46. The van der Waals surface area contributed by atoms with Crippen molar-refractivity contribution in [2.24, 2.45) is 0 Å². The second-order valence-electron chi connectivity index (χ2n) is 9.22. The molecule has 4 rings (SSSR count). The van der Waals surface area contributed by atoms with Crippen molar-refractivity contribution in [3.05, 3.63) is 70.3 Å². The fourth-order valence-electron chi connectivity index (χ4n) is 4.66. The van der Waals surface area contributed by atoms with Crippen LogP contribution in [0.1, 0.15) is 46.4 Å². The molecule has 2 aliphatic rings. The van der Waals surface area contributed by atoms with Gasteiger partial charge in [-0.25, -0.2) is 4.79 Å². The normalized spacial score (nSPS) is 20.8. The Labute approximate surface area is 204 Å². The molecule has 2 aromatic carbocycles. The average Bonchev–Trinajstić information content (AvgIpc) is 3.34. The van der Waals surface area contributed by atoms with Crippen molar-refractivity contribution in [3.8, 4) is 5.75 Å². The van der Waals surface area contributed by atoms with Crippen LogP contribution in [0.5, 0.6) is 5.75 Å². The van der Waals surface area contributed by atoms with E-state index in [9.17, 15) is 19.5 Å². The zero-order valence-corrected chi connectivity index (χ0v) is 20.4. The summed E-state index contributed by atoms with van der Waals surface area (Å²) in [6, 6.07) is 11.1. The summed E-state index contributed by atoms with van der Waals surface area (Å²) in [7, 11) is 5.18. The van der Waals surface area contributed by atoms with E-state index in [0.717, 1.165) is 17.9 Å². The van der Waals surface area contributed by atoms with Crippen LogP contribution in [0.3, 0.4) is 0 Å². The van der Waals surface area contributed by atoms with Gasteiger partial charge in [0.05, 0.1) is 24.3 Å². The maximum atomic E-state index is 13.2. The van der Waals surface area contributed by atoms with E-state index in [4.69, 9.17) is 9.47 Å². The Kier molecular flexibility index (Phi) is 6.93. The Morgan fingerprint density at radius 2 is 1.83 bits per heavy atom. The highest BCUT2D eigenvalue weighted by Gasteiger charge is 2.46. The predicted octanol–water partition coefficient (Wildman–Crippen LogP) is 3.17. The van der Waals surface area contributed by atoms with E-state index in [2.05, 4.69) is 0 Å². The molecule has 0 bridgehead atoms. The molecule has 0 saturated carbocycles. The largest absolute Gasteiger partial charge is 0.507 e. The molecule has 1 amide bonds. The second kappa shape index (κ2) is 9.92. The van der Waals surface area contributed by atoms with Crippen LogP contribution >= 0.6 is 0 Å². The lowest BCUT2D eigenvalue weighted by Gasteiger charge is -2.26. The number of carbonyl (C=O) groups is 3. The maximum Gasteiger partial charge on any atom is 0.337 e. The van der Waals surface area contributed by atoms with Gasteiger partial charge in [0, 0.05) is 18.5 Å². The standard InChI is InChI=1S/C27H30N2O6/c1-16-14-20-15-19(10-11-21(20)35-16)24(30)22-23(17-6-8-18(9-7-17)27(33)34-4)29(26(32)25(22)31)13-5-12-28(2)3/h6-11,15-16,23,30H,5,12-14H2,1-4H3/b24-22+/t16-,23+/m1/s1. The van der Waals surface area contributed by atoms with Crippen LogP contribution in [0.25, 0.3) is 5.76 Å². The summed E-state index contributed by atoms with van der Waals surface area (Å²) in [4.78, 5) is 41.7. The van der Waals surface area contributed by atoms with Crippen molar-refractivity contribution in [1.29, 1.82) is 0 Å². The minimum Gasteiger partial charge on any atom is -0.507 e. The molecular weight excluding hydrogens is 448 g/mol. The molecule has 2 atom stereocenters. The number of aliphatic hydroxyl groups is 1. The van der Waals surface area contributed by atoms with Crippen LogP contribution in [0.15, 0.2) is 48.0 Å². The lowest BCUT2D eigenvalue weighted by molar-refractivity contribution is -0.139. The SMILES string of the molecule is COC(=O)c1ccc([C@H]2/C(=C(\O)c3ccc4c(c3)C[C@@H](C)O4)C(=O)C(=O)N2CCCN(C)C)cc1. The molecule has 0 radical (unpaired) electrons. The molecule has 8 heteroatoms. The number of benzene rings is 2. The van der Waals surface area contributed by atoms with E-state index >= 15 is 0 Å². The Hall–Kier alpha value is -3.65. The van der Waals surface area contributed by atoms with Crippen molar-refractivity contribution in [3.63, 3.8) is 0 Å². The van der Waals surface area contributed by atoms with Crippen molar-refractivity contribution >= 4 is 23.4 Å². The molecule has 1 fully saturated rings. The van der Waals surface area contributed by atoms with Crippen molar-refractivity contribution in [2.75, 3.05) is 34.3 Å². The minimum absolute atomic E-state index is 0.0394. The zero-order valence-electron chi connectivity index (χ0n) is 20.4. The average molecular weight is 479 g/mol. The monoisotopic (exact) mass is 478 g/mol. The molecule has 2 aliphatic heterocycles. The molecule has 184 valence electrons. The first-order chi connectivity index (χ1) is 16.7. The van der Waals surface area contributed by atoms with Gasteiger partial charge in [0.1, 0.15) is 17.6 Å². The van der Waals surface area contributed by atoms with Crippen LogP contribution in [-0.4, -0.2) is 73.0 Å². The topological polar surface area (TPSA) is 96.4 Å². The van der Waals surface area contributed by atoms with Gasteiger partial charge in [-0.2, -0.15) is 0 Å². The number of likely N-dealkylation sites (tertiary alicyclic amines) is 1. The number of carbonyl (C=O) groups excluding carboxylic acids is 3. The molecule has 0 aromatic heterocycles. The minimum atomic E-state index is -0.771. The summed E-state index contributed by atoms with van der Waals surface area (Å²) in [6.07, 6.45) is 1.40. The van der Waals surface area contributed by atoms with Crippen molar-refractivity contribution in [1.82, 2.24) is 9.80 Å². The zero-order chi connectivity index (χ0) is 25.3. The van der Waals surface area contributed by atoms with Crippen LogP contribution < -0.4 is 4.74 Å². The first kappa shape index (κ1) is 24.5. The van der Waals surface area contributed by atoms with E-state index in [1.54, 1.807) is 36.4 Å². The number of methoxy groups -OCH3 is 1.